The normalized spacial score (nSPS) is 10.5. The van der Waals surface area contributed by atoms with Crippen molar-refractivity contribution in [3.63, 3.8) is 0 Å². The van der Waals surface area contributed by atoms with Gasteiger partial charge in [0.1, 0.15) is 5.75 Å². The summed E-state index contributed by atoms with van der Waals surface area (Å²) < 4.78 is 6.22. The van der Waals surface area contributed by atoms with Crippen molar-refractivity contribution in [3.8, 4) is 5.75 Å². The van der Waals surface area contributed by atoms with E-state index in [9.17, 15) is 0 Å². The summed E-state index contributed by atoms with van der Waals surface area (Å²) in [6.07, 6.45) is 0. The molecule has 0 spiro atoms. The largest absolute Gasteiger partial charge is 0.496 e. The molecule has 2 aromatic carbocycles. The van der Waals surface area contributed by atoms with Crippen LogP contribution < -0.4 is 10.1 Å². The van der Waals surface area contributed by atoms with Gasteiger partial charge in [0.25, 0.3) is 0 Å². The smallest absolute Gasteiger partial charge is 0.133 e. The molecule has 0 bridgehead atoms. The minimum Gasteiger partial charge on any atom is -0.496 e. The maximum Gasteiger partial charge on any atom is 0.133 e. The maximum absolute atomic E-state index is 5.22. The number of halogens is 1. The van der Waals surface area contributed by atoms with Gasteiger partial charge in [-0.3, -0.25) is 0 Å². The third-order valence-electron chi connectivity index (χ3n) is 2.84. The summed E-state index contributed by atoms with van der Waals surface area (Å²) in [4.78, 5) is 1.32. The Hall–Kier alpha value is -0.970. The van der Waals surface area contributed by atoms with Crippen molar-refractivity contribution >= 4 is 27.7 Å². The van der Waals surface area contributed by atoms with Crippen LogP contribution in [0.2, 0.25) is 0 Å². The van der Waals surface area contributed by atoms with Crippen molar-refractivity contribution in [2.24, 2.45) is 0 Å². The van der Waals surface area contributed by atoms with Crippen LogP contribution in [-0.4, -0.2) is 19.4 Å². The number of ether oxygens (including phenoxy) is 1. The predicted molar refractivity (Wildman–Crippen MR) is 89.6 cm³/mol. The molecule has 0 unspecified atom stereocenters. The van der Waals surface area contributed by atoms with E-state index in [4.69, 9.17) is 4.74 Å². The number of nitrogens with one attached hydrogen (secondary N) is 1. The molecular formula is C16H18BrNOS. The highest BCUT2D eigenvalue weighted by molar-refractivity contribution is 9.10. The molecule has 0 aliphatic heterocycles. The van der Waals surface area contributed by atoms with Gasteiger partial charge in [-0.05, 0) is 45.8 Å². The number of hydrogen-bond donors (Lipinski definition) is 1. The zero-order valence-electron chi connectivity index (χ0n) is 11.4. The van der Waals surface area contributed by atoms with Gasteiger partial charge in [-0.15, -0.1) is 11.8 Å². The topological polar surface area (TPSA) is 21.3 Å². The Morgan fingerprint density at radius 3 is 2.65 bits per heavy atom. The first-order chi connectivity index (χ1) is 9.79. The van der Waals surface area contributed by atoms with Crippen LogP contribution in [0.5, 0.6) is 5.75 Å². The van der Waals surface area contributed by atoms with Crippen molar-refractivity contribution in [1.82, 2.24) is 5.32 Å². The highest BCUT2D eigenvalue weighted by atomic mass is 79.9. The van der Waals surface area contributed by atoms with Crippen molar-refractivity contribution in [1.29, 1.82) is 0 Å². The van der Waals surface area contributed by atoms with Crippen LogP contribution in [0, 0.1) is 0 Å². The summed E-state index contributed by atoms with van der Waals surface area (Å²) in [7, 11) is 1.68. The zero-order valence-corrected chi connectivity index (χ0v) is 13.8. The standard InChI is InChI=1S/C16H18BrNOS/c1-19-16-8-7-13(11-15(16)17)12-18-9-10-20-14-5-3-2-4-6-14/h2-8,11,18H,9-10,12H2,1H3. The average molecular weight is 352 g/mol. The molecule has 0 atom stereocenters. The summed E-state index contributed by atoms with van der Waals surface area (Å²) in [6.45, 7) is 1.86. The monoisotopic (exact) mass is 351 g/mol. The first-order valence-electron chi connectivity index (χ1n) is 6.50. The van der Waals surface area contributed by atoms with E-state index in [-0.39, 0.29) is 0 Å². The van der Waals surface area contributed by atoms with Gasteiger partial charge >= 0.3 is 0 Å². The molecular weight excluding hydrogens is 334 g/mol. The first kappa shape index (κ1) is 15.4. The van der Waals surface area contributed by atoms with E-state index >= 15 is 0 Å². The van der Waals surface area contributed by atoms with Crippen molar-refractivity contribution in [3.05, 3.63) is 58.6 Å². The van der Waals surface area contributed by atoms with Gasteiger partial charge in [-0.2, -0.15) is 0 Å². The summed E-state index contributed by atoms with van der Waals surface area (Å²) in [5, 5.41) is 3.45. The number of benzene rings is 2. The van der Waals surface area contributed by atoms with Gasteiger partial charge in [-0.1, -0.05) is 24.3 Å². The third kappa shape index (κ3) is 4.85. The Bertz CT molecular complexity index is 533. The van der Waals surface area contributed by atoms with Crippen molar-refractivity contribution in [2.75, 3.05) is 19.4 Å². The second-order valence-corrected chi connectivity index (χ2v) is 6.33. The van der Waals surface area contributed by atoms with Gasteiger partial charge in [0, 0.05) is 23.7 Å². The Balaban J connectivity index is 1.69. The molecule has 2 aromatic rings. The van der Waals surface area contributed by atoms with Crippen LogP contribution in [0.25, 0.3) is 0 Å². The highest BCUT2D eigenvalue weighted by Gasteiger charge is 2.01. The lowest BCUT2D eigenvalue weighted by Crippen LogP contribution is -2.16. The van der Waals surface area contributed by atoms with Crippen molar-refractivity contribution < 1.29 is 4.74 Å². The van der Waals surface area contributed by atoms with E-state index in [0.717, 1.165) is 29.1 Å². The van der Waals surface area contributed by atoms with E-state index in [0.29, 0.717) is 0 Å². The van der Waals surface area contributed by atoms with E-state index in [1.54, 1.807) is 7.11 Å². The fraction of sp³-hybridized carbons (Fsp3) is 0.250. The minimum absolute atomic E-state index is 0.869. The van der Waals surface area contributed by atoms with Crippen LogP contribution in [0.1, 0.15) is 5.56 Å². The van der Waals surface area contributed by atoms with Crippen LogP contribution in [-0.2, 0) is 6.54 Å². The maximum atomic E-state index is 5.22. The van der Waals surface area contributed by atoms with Crippen molar-refractivity contribution in [2.45, 2.75) is 11.4 Å². The minimum atomic E-state index is 0.869. The fourth-order valence-electron chi connectivity index (χ4n) is 1.81. The van der Waals surface area contributed by atoms with Gasteiger partial charge in [-0.25, -0.2) is 0 Å². The molecule has 0 aromatic heterocycles. The molecule has 106 valence electrons. The molecule has 0 fully saturated rings. The average Bonchev–Trinajstić information content (AvgIpc) is 2.48. The molecule has 2 nitrogen and oxygen atoms in total. The van der Waals surface area contributed by atoms with Crippen LogP contribution in [0.15, 0.2) is 57.9 Å². The van der Waals surface area contributed by atoms with Gasteiger partial charge < -0.3 is 10.1 Å². The predicted octanol–water partition coefficient (Wildman–Crippen LogP) is 4.34. The summed E-state index contributed by atoms with van der Waals surface area (Å²) >= 11 is 5.38. The van der Waals surface area contributed by atoms with Crippen LogP contribution >= 0.6 is 27.7 Å². The third-order valence-corrected chi connectivity index (χ3v) is 4.47. The lowest BCUT2D eigenvalue weighted by molar-refractivity contribution is 0.412. The fourth-order valence-corrected chi connectivity index (χ4v) is 3.23. The Morgan fingerprint density at radius 1 is 1.15 bits per heavy atom. The molecule has 1 N–H and O–H groups in total. The van der Waals surface area contributed by atoms with E-state index in [2.05, 4.69) is 57.6 Å². The summed E-state index contributed by atoms with van der Waals surface area (Å²) in [5.41, 5.74) is 1.25. The van der Waals surface area contributed by atoms with Gasteiger partial charge in [0.15, 0.2) is 0 Å². The second-order valence-electron chi connectivity index (χ2n) is 4.31. The number of hydrogen-bond acceptors (Lipinski definition) is 3. The lowest BCUT2D eigenvalue weighted by atomic mass is 10.2. The number of rotatable bonds is 7. The van der Waals surface area contributed by atoms with Gasteiger partial charge in [0.05, 0.1) is 11.6 Å². The molecule has 0 amide bonds. The summed E-state index contributed by atoms with van der Waals surface area (Å²) in [5.74, 6) is 1.94. The molecule has 0 saturated heterocycles. The second kappa shape index (κ2) is 8.35. The Morgan fingerprint density at radius 2 is 1.95 bits per heavy atom. The van der Waals surface area contributed by atoms with Crippen LogP contribution in [0.4, 0.5) is 0 Å². The number of methoxy groups -OCH3 is 1. The van der Waals surface area contributed by atoms with E-state index < -0.39 is 0 Å². The quantitative estimate of drug-likeness (QED) is 0.592. The first-order valence-corrected chi connectivity index (χ1v) is 8.28. The van der Waals surface area contributed by atoms with E-state index in [1.807, 2.05) is 23.9 Å². The highest BCUT2D eigenvalue weighted by Crippen LogP contribution is 2.25. The molecule has 0 saturated carbocycles. The molecule has 4 heteroatoms. The lowest BCUT2D eigenvalue weighted by Gasteiger charge is -2.08. The molecule has 0 aliphatic rings. The summed E-state index contributed by atoms with van der Waals surface area (Å²) in [6, 6.07) is 16.6. The Labute approximate surface area is 133 Å². The molecule has 0 radical (unpaired) electrons. The zero-order chi connectivity index (χ0) is 14.2. The van der Waals surface area contributed by atoms with Gasteiger partial charge in [0.2, 0.25) is 0 Å². The molecule has 20 heavy (non-hydrogen) atoms. The molecule has 2 rings (SSSR count). The van der Waals surface area contributed by atoms with E-state index in [1.165, 1.54) is 10.5 Å². The number of thioether (sulfide) groups is 1. The molecule has 0 heterocycles. The Kier molecular flexibility index (Phi) is 6.43. The van der Waals surface area contributed by atoms with Crippen LogP contribution in [0.3, 0.4) is 0 Å². The molecule has 0 aliphatic carbocycles. The SMILES string of the molecule is COc1ccc(CNCCSc2ccccc2)cc1Br.